The third-order valence-electron chi connectivity index (χ3n) is 2.23. The molecule has 20 heavy (non-hydrogen) atoms. The van der Waals surface area contributed by atoms with Crippen LogP contribution in [-0.4, -0.2) is 76.1 Å². The first-order chi connectivity index (χ1) is 9.18. The molecule has 120 valence electrons. The molecule has 0 unspecified atom stereocenters. The SMILES string of the molecule is CC(C)NC(=O)CCN(C)C.COC(=O)CCN(C)C. The summed E-state index contributed by atoms with van der Waals surface area (Å²) in [4.78, 5) is 25.4. The lowest BCUT2D eigenvalue weighted by Gasteiger charge is -2.11. The third kappa shape index (κ3) is 19.2. The van der Waals surface area contributed by atoms with E-state index in [1.165, 1.54) is 7.11 Å². The van der Waals surface area contributed by atoms with Crippen molar-refractivity contribution in [2.75, 3.05) is 48.4 Å². The van der Waals surface area contributed by atoms with Crippen molar-refractivity contribution in [3.05, 3.63) is 0 Å². The highest BCUT2D eigenvalue weighted by Gasteiger charge is 2.02. The number of carbonyl (C=O) groups is 2. The smallest absolute Gasteiger partial charge is 0.306 e. The van der Waals surface area contributed by atoms with Gasteiger partial charge in [0.15, 0.2) is 0 Å². The zero-order valence-electron chi connectivity index (χ0n) is 14.0. The Morgan fingerprint density at radius 3 is 1.80 bits per heavy atom. The van der Waals surface area contributed by atoms with Crippen LogP contribution in [0.3, 0.4) is 0 Å². The number of carbonyl (C=O) groups excluding carboxylic acids is 2. The van der Waals surface area contributed by atoms with Crippen molar-refractivity contribution in [1.82, 2.24) is 15.1 Å². The largest absolute Gasteiger partial charge is 0.469 e. The van der Waals surface area contributed by atoms with E-state index in [-0.39, 0.29) is 17.9 Å². The van der Waals surface area contributed by atoms with Crippen LogP contribution in [0.5, 0.6) is 0 Å². The molecular formula is C14H31N3O3. The average Bonchev–Trinajstić information content (AvgIpc) is 2.33. The van der Waals surface area contributed by atoms with Crippen molar-refractivity contribution < 1.29 is 14.3 Å². The second kappa shape index (κ2) is 12.9. The third-order valence-corrected chi connectivity index (χ3v) is 2.23. The Bertz CT molecular complexity index is 266. The van der Waals surface area contributed by atoms with Crippen LogP contribution < -0.4 is 5.32 Å². The van der Waals surface area contributed by atoms with Crippen LogP contribution in [0.15, 0.2) is 0 Å². The second-order valence-corrected chi connectivity index (χ2v) is 5.40. The predicted octanol–water partition coefficient (Wildman–Crippen LogP) is 0.574. The van der Waals surface area contributed by atoms with Crippen LogP contribution in [0.25, 0.3) is 0 Å². The molecule has 6 nitrogen and oxygen atoms in total. The number of amides is 1. The number of ether oxygens (including phenoxy) is 1. The van der Waals surface area contributed by atoms with Crippen LogP contribution in [0, 0.1) is 0 Å². The van der Waals surface area contributed by atoms with Gasteiger partial charge < -0.3 is 19.9 Å². The lowest BCUT2D eigenvalue weighted by molar-refractivity contribution is -0.140. The predicted molar refractivity (Wildman–Crippen MR) is 81.6 cm³/mol. The van der Waals surface area contributed by atoms with E-state index in [1.54, 1.807) is 0 Å². The molecule has 0 saturated heterocycles. The summed E-state index contributed by atoms with van der Waals surface area (Å²) in [6.07, 6.45) is 1.06. The molecule has 0 aliphatic heterocycles. The number of nitrogens with one attached hydrogen (secondary N) is 1. The van der Waals surface area contributed by atoms with Crippen LogP contribution in [0.2, 0.25) is 0 Å². The Morgan fingerprint density at radius 2 is 1.45 bits per heavy atom. The van der Waals surface area contributed by atoms with Crippen LogP contribution in [0.4, 0.5) is 0 Å². The molecule has 1 N–H and O–H groups in total. The summed E-state index contributed by atoms with van der Waals surface area (Å²) in [6.45, 7) is 5.51. The van der Waals surface area contributed by atoms with Crippen molar-refractivity contribution in [2.24, 2.45) is 0 Å². The van der Waals surface area contributed by atoms with E-state index in [0.29, 0.717) is 12.8 Å². The lowest BCUT2D eigenvalue weighted by atomic mass is 10.3. The van der Waals surface area contributed by atoms with Crippen LogP contribution in [0.1, 0.15) is 26.7 Å². The average molecular weight is 289 g/mol. The van der Waals surface area contributed by atoms with Gasteiger partial charge in [-0.1, -0.05) is 0 Å². The van der Waals surface area contributed by atoms with Crippen molar-refractivity contribution in [1.29, 1.82) is 0 Å². The molecule has 0 fully saturated rings. The summed E-state index contributed by atoms with van der Waals surface area (Å²) in [5.74, 6) is -0.0163. The quantitative estimate of drug-likeness (QED) is 0.695. The van der Waals surface area contributed by atoms with Gasteiger partial charge in [0, 0.05) is 25.6 Å². The van der Waals surface area contributed by atoms with E-state index in [9.17, 15) is 9.59 Å². The van der Waals surface area contributed by atoms with E-state index >= 15 is 0 Å². The molecule has 0 heterocycles. The zero-order valence-corrected chi connectivity index (χ0v) is 14.0. The number of methoxy groups -OCH3 is 1. The first-order valence-corrected chi connectivity index (χ1v) is 6.84. The van der Waals surface area contributed by atoms with E-state index in [1.807, 2.05) is 51.8 Å². The monoisotopic (exact) mass is 289 g/mol. The van der Waals surface area contributed by atoms with Gasteiger partial charge in [-0.05, 0) is 42.0 Å². The highest BCUT2D eigenvalue weighted by Crippen LogP contribution is 1.86. The highest BCUT2D eigenvalue weighted by molar-refractivity contribution is 5.76. The molecule has 0 aromatic heterocycles. The highest BCUT2D eigenvalue weighted by atomic mass is 16.5. The first kappa shape index (κ1) is 21.2. The minimum absolute atomic E-state index is 0.133. The van der Waals surface area contributed by atoms with Gasteiger partial charge >= 0.3 is 5.97 Å². The van der Waals surface area contributed by atoms with Gasteiger partial charge in [-0.25, -0.2) is 0 Å². The number of esters is 1. The topological polar surface area (TPSA) is 61.9 Å². The van der Waals surface area contributed by atoms with Crippen molar-refractivity contribution in [3.63, 3.8) is 0 Å². The van der Waals surface area contributed by atoms with Gasteiger partial charge in [0.25, 0.3) is 0 Å². The lowest BCUT2D eigenvalue weighted by Crippen LogP contribution is -2.32. The Balaban J connectivity index is 0. The summed E-state index contributed by atoms with van der Waals surface area (Å²) in [5, 5.41) is 2.83. The van der Waals surface area contributed by atoms with Gasteiger partial charge in [-0.2, -0.15) is 0 Å². The normalized spacial score (nSPS) is 10.3. The van der Waals surface area contributed by atoms with Gasteiger partial charge in [-0.3, -0.25) is 9.59 Å². The molecule has 0 spiro atoms. The summed E-state index contributed by atoms with van der Waals surface area (Å²) in [7, 11) is 9.16. The van der Waals surface area contributed by atoms with Gasteiger partial charge in [0.2, 0.25) is 5.91 Å². The standard InChI is InChI=1S/C8H18N2O.C6H13NO2/c1-7(2)9-8(11)5-6-10(3)4;1-7(2)5-4-6(8)9-3/h7H,5-6H2,1-4H3,(H,9,11);4-5H2,1-3H3. The maximum absolute atomic E-state index is 11.0. The number of hydrogen-bond donors (Lipinski definition) is 1. The molecule has 1 amide bonds. The van der Waals surface area contributed by atoms with Gasteiger partial charge in [0.05, 0.1) is 13.5 Å². The van der Waals surface area contributed by atoms with Gasteiger partial charge in [0.1, 0.15) is 0 Å². The molecule has 0 rings (SSSR count). The first-order valence-electron chi connectivity index (χ1n) is 6.84. The Kier molecular flexibility index (Phi) is 13.6. The number of nitrogens with zero attached hydrogens (tertiary/aromatic N) is 2. The Morgan fingerprint density at radius 1 is 1.00 bits per heavy atom. The van der Waals surface area contributed by atoms with E-state index < -0.39 is 0 Å². The van der Waals surface area contributed by atoms with E-state index in [4.69, 9.17) is 0 Å². The fraction of sp³-hybridized carbons (Fsp3) is 0.857. The summed E-state index contributed by atoms with van der Waals surface area (Å²) in [6, 6.07) is 0.254. The molecule has 0 aliphatic rings. The van der Waals surface area contributed by atoms with Crippen molar-refractivity contribution in [3.8, 4) is 0 Å². The second-order valence-electron chi connectivity index (χ2n) is 5.40. The van der Waals surface area contributed by atoms with E-state index in [2.05, 4.69) is 10.1 Å². The van der Waals surface area contributed by atoms with Crippen LogP contribution in [-0.2, 0) is 14.3 Å². The molecule has 0 saturated carbocycles. The summed E-state index contributed by atoms with van der Waals surface area (Å²) >= 11 is 0. The number of rotatable bonds is 7. The van der Waals surface area contributed by atoms with E-state index in [0.717, 1.165) is 13.1 Å². The molecule has 0 bridgehead atoms. The molecule has 0 aromatic carbocycles. The van der Waals surface area contributed by atoms with Crippen molar-refractivity contribution in [2.45, 2.75) is 32.7 Å². The number of hydrogen-bond acceptors (Lipinski definition) is 5. The fourth-order valence-electron chi connectivity index (χ4n) is 1.14. The minimum Gasteiger partial charge on any atom is -0.469 e. The zero-order chi connectivity index (χ0) is 16.1. The molecule has 0 radical (unpaired) electrons. The van der Waals surface area contributed by atoms with Crippen molar-refractivity contribution >= 4 is 11.9 Å². The molecule has 0 aliphatic carbocycles. The fourth-order valence-corrected chi connectivity index (χ4v) is 1.14. The van der Waals surface area contributed by atoms with Crippen LogP contribution >= 0.6 is 0 Å². The molecule has 6 heteroatoms. The van der Waals surface area contributed by atoms with Gasteiger partial charge in [-0.15, -0.1) is 0 Å². The Labute approximate surface area is 123 Å². The Hall–Kier alpha value is -1.14. The molecule has 0 atom stereocenters. The summed E-state index contributed by atoms with van der Waals surface area (Å²) in [5.41, 5.74) is 0. The summed E-state index contributed by atoms with van der Waals surface area (Å²) < 4.78 is 4.43. The maximum Gasteiger partial charge on any atom is 0.306 e. The molecular weight excluding hydrogens is 258 g/mol. The minimum atomic E-state index is -0.149. The maximum atomic E-state index is 11.0. The molecule has 0 aromatic rings.